The Morgan fingerprint density at radius 3 is 2.52 bits per heavy atom. The van der Waals surface area contributed by atoms with Gasteiger partial charge in [-0.1, -0.05) is 38.1 Å². The lowest BCUT2D eigenvalue weighted by Crippen LogP contribution is -2.25. The topological polar surface area (TPSA) is 38.3 Å². The Balaban J connectivity index is 1.81. The summed E-state index contributed by atoms with van der Waals surface area (Å²) in [6.45, 7) is 7.61. The lowest BCUT2D eigenvalue weighted by molar-refractivity contribution is 0.0950. The Morgan fingerprint density at radius 2 is 1.84 bits per heavy atom. The highest BCUT2D eigenvalue weighted by atomic mass is 32.2. The van der Waals surface area contributed by atoms with Crippen molar-refractivity contribution < 1.29 is 9.53 Å². The molecule has 3 nitrogen and oxygen atoms in total. The maximum atomic E-state index is 12.4. The lowest BCUT2D eigenvalue weighted by Gasteiger charge is -2.11. The molecule has 134 valence electrons. The van der Waals surface area contributed by atoms with E-state index >= 15 is 0 Å². The van der Waals surface area contributed by atoms with Gasteiger partial charge in [0.05, 0.1) is 12.2 Å². The van der Waals surface area contributed by atoms with E-state index in [9.17, 15) is 4.79 Å². The van der Waals surface area contributed by atoms with Crippen LogP contribution in [-0.2, 0) is 6.42 Å². The summed E-state index contributed by atoms with van der Waals surface area (Å²) in [6.07, 6.45) is 1.86. The molecule has 0 atom stereocenters. The van der Waals surface area contributed by atoms with Crippen LogP contribution in [0.1, 0.15) is 43.1 Å². The summed E-state index contributed by atoms with van der Waals surface area (Å²) in [7, 11) is 0. The summed E-state index contributed by atoms with van der Waals surface area (Å²) in [5, 5.41) is 3.49. The van der Waals surface area contributed by atoms with Gasteiger partial charge in [0.25, 0.3) is 5.91 Å². The molecule has 0 radical (unpaired) electrons. The van der Waals surface area contributed by atoms with Crippen molar-refractivity contribution in [3.05, 3.63) is 59.7 Å². The molecule has 0 heterocycles. The monoisotopic (exact) mass is 357 g/mol. The van der Waals surface area contributed by atoms with Crippen molar-refractivity contribution in [3.8, 4) is 5.75 Å². The molecule has 1 amide bonds. The van der Waals surface area contributed by atoms with Gasteiger partial charge in [-0.3, -0.25) is 4.79 Å². The normalized spacial score (nSPS) is 10.7. The molecule has 0 unspecified atom stereocenters. The second kappa shape index (κ2) is 10.1. The molecule has 0 aliphatic rings. The number of hydrogen-bond acceptors (Lipinski definition) is 3. The summed E-state index contributed by atoms with van der Waals surface area (Å²) in [5.74, 6) is 0.911. The van der Waals surface area contributed by atoms with Crippen LogP contribution in [0.4, 0.5) is 0 Å². The molecule has 2 aromatic rings. The highest BCUT2D eigenvalue weighted by Crippen LogP contribution is 2.26. The van der Waals surface area contributed by atoms with Crippen molar-refractivity contribution in [2.75, 3.05) is 13.2 Å². The average Bonchev–Trinajstić information content (AvgIpc) is 2.60. The van der Waals surface area contributed by atoms with Crippen LogP contribution in [0.2, 0.25) is 0 Å². The van der Waals surface area contributed by atoms with E-state index in [0.717, 1.165) is 29.1 Å². The summed E-state index contributed by atoms with van der Waals surface area (Å²) < 4.78 is 5.45. The van der Waals surface area contributed by atoms with Crippen LogP contribution in [0.3, 0.4) is 0 Å². The van der Waals surface area contributed by atoms with Gasteiger partial charge >= 0.3 is 0 Å². The highest BCUT2D eigenvalue weighted by Gasteiger charge is 2.11. The van der Waals surface area contributed by atoms with Crippen LogP contribution in [0.5, 0.6) is 5.75 Å². The third-order valence-corrected chi connectivity index (χ3v) is 4.74. The number of rotatable bonds is 9. The first-order valence-electron chi connectivity index (χ1n) is 8.85. The number of carbonyl (C=O) groups excluding carboxylic acids is 1. The van der Waals surface area contributed by atoms with Crippen molar-refractivity contribution in [2.45, 2.75) is 43.8 Å². The van der Waals surface area contributed by atoms with Gasteiger partial charge in [-0.2, -0.15) is 0 Å². The van der Waals surface area contributed by atoms with Crippen LogP contribution < -0.4 is 10.1 Å². The van der Waals surface area contributed by atoms with Gasteiger partial charge in [-0.25, -0.2) is 0 Å². The van der Waals surface area contributed by atoms with Crippen molar-refractivity contribution in [1.29, 1.82) is 0 Å². The van der Waals surface area contributed by atoms with E-state index in [0.29, 0.717) is 18.4 Å². The summed E-state index contributed by atoms with van der Waals surface area (Å²) in [5.41, 5.74) is 2.02. The minimum atomic E-state index is 0.00967. The predicted molar refractivity (Wildman–Crippen MR) is 106 cm³/mol. The summed E-state index contributed by atoms with van der Waals surface area (Å²) in [6, 6.07) is 16.0. The molecule has 0 aliphatic heterocycles. The third-order valence-electron chi connectivity index (χ3n) is 3.66. The second-order valence-corrected chi connectivity index (χ2v) is 7.72. The lowest BCUT2D eigenvalue weighted by atomic mass is 10.1. The first kappa shape index (κ1) is 19.4. The number of thioether (sulfide) groups is 1. The standard InChI is InChI=1S/C21H27NO2S/c1-4-24-18-13-11-17(12-14-18)8-7-15-22-21(23)19-9-5-6-10-20(19)25-16(2)3/h5-6,9-14,16H,4,7-8,15H2,1-3H3,(H,22,23). The maximum Gasteiger partial charge on any atom is 0.252 e. The fourth-order valence-electron chi connectivity index (χ4n) is 2.52. The Morgan fingerprint density at radius 1 is 1.12 bits per heavy atom. The van der Waals surface area contributed by atoms with Gasteiger partial charge < -0.3 is 10.1 Å². The fourth-order valence-corrected chi connectivity index (χ4v) is 3.47. The van der Waals surface area contributed by atoms with Gasteiger partial charge in [-0.05, 0) is 49.6 Å². The number of nitrogens with one attached hydrogen (secondary N) is 1. The summed E-state index contributed by atoms with van der Waals surface area (Å²) >= 11 is 1.72. The van der Waals surface area contributed by atoms with E-state index in [1.54, 1.807) is 11.8 Å². The molecule has 0 saturated heterocycles. The minimum absolute atomic E-state index is 0.00967. The number of carbonyl (C=O) groups is 1. The third kappa shape index (κ3) is 6.46. The quantitative estimate of drug-likeness (QED) is 0.510. The number of ether oxygens (including phenoxy) is 1. The molecule has 2 rings (SSSR count). The molecular formula is C21H27NO2S. The Bertz CT molecular complexity index is 668. The Hall–Kier alpha value is -1.94. The van der Waals surface area contributed by atoms with E-state index in [1.807, 2.05) is 43.3 Å². The maximum absolute atomic E-state index is 12.4. The molecule has 1 N–H and O–H groups in total. The first-order chi connectivity index (χ1) is 12.1. The molecule has 2 aromatic carbocycles. The molecule has 4 heteroatoms. The van der Waals surface area contributed by atoms with Crippen molar-refractivity contribution in [1.82, 2.24) is 5.32 Å². The van der Waals surface area contributed by atoms with Gasteiger partial charge in [0.2, 0.25) is 0 Å². The molecule has 0 spiro atoms. The molecule has 0 bridgehead atoms. The minimum Gasteiger partial charge on any atom is -0.494 e. The molecule has 0 fully saturated rings. The van der Waals surface area contributed by atoms with Crippen LogP contribution in [0.25, 0.3) is 0 Å². The van der Waals surface area contributed by atoms with E-state index < -0.39 is 0 Å². The number of amides is 1. The number of hydrogen-bond donors (Lipinski definition) is 1. The zero-order chi connectivity index (χ0) is 18.1. The van der Waals surface area contributed by atoms with Crippen molar-refractivity contribution >= 4 is 17.7 Å². The predicted octanol–water partition coefficient (Wildman–Crippen LogP) is 4.95. The zero-order valence-electron chi connectivity index (χ0n) is 15.2. The van der Waals surface area contributed by atoms with Gasteiger partial charge in [-0.15, -0.1) is 11.8 Å². The van der Waals surface area contributed by atoms with Crippen LogP contribution in [-0.4, -0.2) is 24.3 Å². The average molecular weight is 358 g/mol. The van der Waals surface area contributed by atoms with Gasteiger partial charge in [0, 0.05) is 16.7 Å². The van der Waals surface area contributed by atoms with E-state index in [4.69, 9.17) is 4.74 Å². The van der Waals surface area contributed by atoms with Crippen molar-refractivity contribution in [2.24, 2.45) is 0 Å². The van der Waals surface area contributed by atoms with Crippen LogP contribution in [0.15, 0.2) is 53.4 Å². The number of benzene rings is 2. The van der Waals surface area contributed by atoms with E-state index in [1.165, 1.54) is 5.56 Å². The molecule has 25 heavy (non-hydrogen) atoms. The van der Waals surface area contributed by atoms with E-state index in [2.05, 4.69) is 31.3 Å². The Kier molecular flexibility index (Phi) is 7.86. The summed E-state index contributed by atoms with van der Waals surface area (Å²) in [4.78, 5) is 13.5. The largest absolute Gasteiger partial charge is 0.494 e. The van der Waals surface area contributed by atoms with Crippen LogP contribution in [0, 0.1) is 0 Å². The zero-order valence-corrected chi connectivity index (χ0v) is 16.1. The smallest absolute Gasteiger partial charge is 0.252 e. The highest BCUT2D eigenvalue weighted by molar-refractivity contribution is 8.00. The Labute approximate surface area is 155 Å². The van der Waals surface area contributed by atoms with Crippen LogP contribution >= 0.6 is 11.8 Å². The molecule has 0 aliphatic carbocycles. The van der Waals surface area contributed by atoms with Crippen molar-refractivity contribution in [3.63, 3.8) is 0 Å². The van der Waals surface area contributed by atoms with Gasteiger partial charge in [0.15, 0.2) is 0 Å². The van der Waals surface area contributed by atoms with Gasteiger partial charge in [0.1, 0.15) is 5.75 Å². The molecular weight excluding hydrogens is 330 g/mol. The SMILES string of the molecule is CCOc1ccc(CCCNC(=O)c2ccccc2SC(C)C)cc1. The van der Waals surface area contributed by atoms with E-state index in [-0.39, 0.29) is 5.91 Å². The molecule has 0 saturated carbocycles. The molecule has 0 aromatic heterocycles. The number of aryl methyl sites for hydroxylation is 1. The fraction of sp³-hybridized carbons (Fsp3) is 0.381. The second-order valence-electron chi connectivity index (χ2n) is 6.10. The first-order valence-corrected chi connectivity index (χ1v) is 9.73.